The van der Waals surface area contributed by atoms with E-state index in [9.17, 15) is 18.3 Å². The molecule has 0 saturated carbocycles. The number of hydrogen-bond donors (Lipinski definition) is 1. The van der Waals surface area contributed by atoms with Gasteiger partial charge in [0.15, 0.2) is 0 Å². The second-order valence-electron chi connectivity index (χ2n) is 3.81. The van der Waals surface area contributed by atoms with Gasteiger partial charge >= 0.3 is 6.36 Å². The van der Waals surface area contributed by atoms with Gasteiger partial charge in [0.1, 0.15) is 11.9 Å². The van der Waals surface area contributed by atoms with Crippen LogP contribution in [0.5, 0.6) is 5.75 Å². The molecular weight excluding hydrogens is 279 g/mol. The smallest absolute Gasteiger partial charge is 0.406 e. The Morgan fingerprint density at radius 3 is 2.68 bits per heavy atom. The lowest BCUT2D eigenvalue weighted by Crippen LogP contribution is -2.17. The topological polar surface area (TPSA) is 42.4 Å². The van der Waals surface area contributed by atoms with E-state index in [1.807, 2.05) is 0 Å². The number of rotatable bonds is 3. The highest BCUT2D eigenvalue weighted by molar-refractivity contribution is 7.09. The molecule has 1 aromatic heterocycles. The highest BCUT2D eigenvalue weighted by Gasteiger charge is 2.31. The van der Waals surface area contributed by atoms with Gasteiger partial charge in [0, 0.05) is 5.38 Å². The number of halogens is 3. The minimum atomic E-state index is -4.75. The van der Waals surface area contributed by atoms with E-state index >= 15 is 0 Å². The first-order valence-electron chi connectivity index (χ1n) is 5.31. The first kappa shape index (κ1) is 13.8. The quantitative estimate of drug-likeness (QED) is 0.941. The molecule has 0 saturated heterocycles. The summed E-state index contributed by atoms with van der Waals surface area (Å²) in [5.41, 5.74) is 0.707. The zero-order valence-electron chi connectivity index (χ0n) is 9.81. The van der Waals surface area contributed by atoms with Crippen LogP contribution in [0.3, 0.4) is 0 Å². The molecule has 3 nitrogen and oxygen atoms in total. The fourth-order valence-corrected chi connectivity index (χ4v) is 2.19. The van der Waals surface area contributed by atoms with Crippen LogP contribution >= 0.6 is 11.3 Å². The van der Waals surface area contributed by atoms with Crippen molar-refractivity contribution in [1.82, 2.24) is 4.98 Å². The van der Waals surface area contributed by atoms with Gasteiger partial charge in [0.2, 0.25) is 0 Å². The van der Waals surface area contributed by atoms with Crippen molar-refractivity contribution in [3.63, 3.8) is 0 Å². The van der Waals surface area contributed by atoms with Crippen LogP contribution in [0.25, 0.3) is 0 Å². The van der Waals surface area contributed by atoms with Crippen LogP contribution in [0.15, 0.2) is 29.6 Å². The van der Waals surface area contributed by atoms with Crippen molar-refractivity contribution in [3.05, 3.63) is 45.9 Å². The summed E-state index contributed by atoms with van der Waals surface area (Å²) in [6.45, 7) is 1.78. The predicted molar refractivity (Wildman–Crippen MR) is 64.0 cm³/mol. The van der Waals surface area contributed by atoms with E-state index in [4.69, 9.17) is 0 Å². The molecule has 1 heterocycles. The van der Waals surface area contributed by atoms with E-state index in [0.29, 0.717) is 11.3 Å². The monoisotopic (exact) mass is 289 g/mol. The Labute approximate surface area is 111 Å². The average molecular weight is 289 g/mol. The molecule has 0 radical (unpaired) electrons. The number of ether oxygens (including phenoxy) is 1. The zero-order chi connectivity index (χ0) is 14.0. The van der Waals surface area contributed by atoms with Crippen molar-refractivity contribution in [3.8, 4) is 5.75 Å². The summed E-state index contributed by atoms with van der Waals surface area (Å²) in [4.78, 5) is 4.10. The lowest BCUT2D eigenvalue weighted by molar-refractivity contribution is -0.274. The van der Waals surface area contributed by atoms with Gasteiger partial charge in [-0.25, -0.2) is 4.98 Å². The Bertz CT molecular complexity index is 568. The molecule has 0 spiro atoms. The van der Waals surface area contributed by atoms with Crippen LogP contribution in [0.2, 0.25) is 0 Å². The van der Waals surface area contributed by atoms with Gasteiger partial charge < -0.3 is 9.84 Å². The maximum absolute atomic E-state index is 12.1. The Kier molecular flexibility index (Phi) is 3.77. The molecule has 0 aliphatic carbocycles. The molecule has 102 valence electrons. The number of aryl methyl sites for hydroxylation is 1. The summed E-state index contributed by atoms with van der Waals surface area (Å²) in [5.74, 6) is -0.365. The summed E-state index contributed by atoms with van der Waals surface area (Å²) in [6.07, 6.45) is -5.82. The number of hydrogen-bond acceptors (Lipinski definition) is 4. The van der Waals surface area contributed by atoms with E-state index in [1.165, 1.54) is 29.5 Å². The van der Waals surface area contributed by atoms with Gasteiger partial charge in [-0.15, -0.1) is 24.5 Å². The molecule has 1 unspecified atom stereocenters. The van der Waals surface area contributed by atoms with E-state index in [2.05, 4.69) is 9.72 Å². The van der Waals surface area contributed by atoms with Gasteiger partial charge in [-0.05, 0) is 24.6 Å². The summed E-state index contributed by atoms with van der Waals surface area (Å²) < 4.78 is 40.1. The van der Waals surface area contributed by atoms with Crippen molar-refractivity contribution >= 4 is 11.3 Å². The Balaban J connectivity index is 2.23. The molecule has 0 fully saturated rings. The maximum atomic E-state index is 12.1. The second kappa shape index (κ2) is 5.18. The molecule has 2 aromatic rings. The van der Waals surface area contributed by atoms with E-state index in [-0.39, 0.29) is 5.75 Å². The molecular formula is C12H10F3NO2S. The van der Waals surface area contributed by atoms with Crippen molar-refractivity contribution in [2.45, 2.75) is 19.4 Å². The largest absolute Gasteiger partial charge is 0.573 e. The van der Waals surface area contributed by atoms with Gasteiger partial charge in [-0.1, -0.05) is 12.1 Å². The highest BCUT2D eigenvalue weighted by Crippen LogP contribution is 2.28. The second-order valence-corrected chi connectivity index (χ2v) is 4.88. The van der Waals surface area contributed by atoms with Crippen LogP contribution in [0.4, 0.5) is 13.2 Å². The summed E-state index contributed by atoms with van der Waals surface area (Å²) in [5, 5.41) is 12.5. The van der Waals surface area contributed by atoms with Crippen LogP contribution < -0.4 is 4.74 Å². The number of nitrogens with zero attached hydrogens (tertiary/aromatic N) is 1. The third-order valence-corrected chi connectivity index (χ3v) is 3.12. The molecule has 2 rings (SSSR count). The Morgan fingerprint density at radius 2 is 2.11 bits per heavy atom. The minimum absolute atomic E-state index is 0.298. The molecule has 0 aliphatic rings. The van der Waals surface area contributed by atoms with Crippen molar-refractivity contribution < 1.29 is 23.0 Å². The van der Waals surface area contributed by atoms with E-state index in [1.54, 1.807) is 12.3 Å². The lowest BCUT2D eigenvalue weighted by Gasteiger charge is -2.12. The molecule has 19 heavy (non-hydrogen) atoms. The van der Waals surface area contributed by atoms with Crippen LogP contribution in [-0.4, -0.2) is 16.5 Å². The predicted octanol–water partition coefficient (Wildman–Crippen LogP) is 3.43. The highest BCUT2D eigenvalue weighted by atomic mass is 32.1. The van der Waals surface area contributed by atoms with Crippen LogP contribution in [-0.2, 0) is 0 Å². The van der Waals surface area contributed by atoms with Gasteiger partial charge in [-0.3, -0.25) is 0 Å². The standard InChI is InChI=1S/C12H10F3NO2S/c1-7-16-10(6-19-7)11(17)8-3-2-4-9(5-8)18-12(13,14)15/h2-6,11,17H,1H3. The number of aliphatic hydroxyl groups is 1. The Morgan fingerprint density at radius 1 is 1.37 bits per heavy atom. The van der Waals surface area contributed by atoms with Crippen molar-refractivity contribution in [2.24, 2.45) is 0 Å². The minimum Gasteiger partial charge on any atom is -0.406 e. The van der Waals surface area contributed by atoms with Gasteiger partial charge in [0.25, 0.3) is 0 Å². The molecule has 0 amide bonds. The first-order chi connectivity index (χ1) is 8.85. The van der Waals surface area contributed by atoms with E-state index < -0.39 is 12.5 Å². The van der Waals surface area contributed by atoms with Crippen molar-refractivity contribution in [2.75, 3.05) is 0 Å². The zero-order valence-corrected chi connectivity index (χ0v) is 10.6. The summed E-state index contributed by atoms with van der Waals surface area (Å²) >= 11 is 1.36. The normalized spacial score (nSPS) is 13.3. The van der Waals surface area contributed by atoms with Gasteiger partial charge in [0.05, 0.1) is 10.7 Å². The average Bonchev–Trinajstić information content (AvgIpc) is 2.73. The maximum Gasteiger partial charge on any atom is 0.573 e. The number of benzene rings is 1. The molecule has 1 atom stereocenters. The number of thiazole rings is 1. The van der Waals surface area contributed by atoms with Crippen molar-refractivity contribution in [1.29, 1.82) is 0 Å². The summed E-state index contributed by atoms with van der Waals surface area (Å²) in [6, 6.07) is 5.23. The van der Waals surface area contributed by atoms with Crippen LogP contribution in [0, 0.1) is 6.92 Å². The third kappa shape index (κ3) is 3.68. The summed E-state index contributed by atoms with van der Waals surface area (Å²) in [7, 11) is 0. The van der Waals surface area contributed by atoms with Crippen LogP contribution in [0.1, 0.15) is 22.4 Å². The van der Waals surface area contributed by atoms with Gasteiger partial charge in [-0.2, -0.15) is 0 Å². The van der Waals surface area contributed by atoms with E-state index in [0.717, 1.165) is 11.1 Å². The third-order valence-electron chi connectivity index (χ3n) is 2.32. The fourth-order valence-electron chi connectivity index (χ4n) is 1.56. The fraction of sp³-hybridized carbons (Fsp3) is 0.250. The number of aromatic nitrogens is 1. The molecule has 0 aliphatic heterocycles. The Hall–Kier alpha value is -1.60. The first-order valence-corrected chi connectivity index (χ1v) is 6.19. The molecule has 7 heteroatoms. The molecule has 0 bridgehead atoms. The SMILES string of the molecule is Cc1nc(C(O)c2cccc(OC(F)(F)F)c2)cs1. The lowest BCUT2D eigenvalue weighted by atomic mass is 10.1. The number of alkyl halides is 3. The molecule has 1 N–H and O–H groups in total. The number of aliphatic hydroxyl groups excluding tert-OH is 1. The molecule has 1 aromatic carbocycles.